The van der Waals surface area contributed by atoms with E-state index in [0.717, 1.165) is 5.56 Å². The number of rotatable bonds is 4. The van der Waals surface area contributed by atoms with E-state index in [4.69, 9.17) is 11.2 Å². The van der Waals surface area contributed by atoms with E-state index in [9.17, 15) is 0 Å². The molecule has 0 radical (unpaired) electrons. The lowest BCUT2D eigenvalue weighted by Crippen LogP contribution is -2.23. The highest BCUT2D eigenvalue weighted by atomic mass is 16.5. The van der Waals surface area contributed by atoms with Crippen LogP contribution >= 0.6 is 0 Å². The van der Waals surface area contributed by atoms with Crippen molar-refractivity contribution >= 4 is 0 Å². The number of benzene rings is 1. The molecule has 0 aromatic heterocycles. The summed E-state index contributed by atoms with van der Waals surface area (Å²) in [5.74, 6) is 2.70. The van der Waals surface area contributed by atoms with Crippen LogP contribution in [0.1, 0.15) is 19.4 Å². The molecule has 1 heteroatoms. The summed E-state index contributed by atoms with van der Waals surface area (Å²) < 4.78 is 5.68. The van der Waals surface area contributed by atoms with E-state index < -0.39 is 5.60 Å². The fraction of sp³-hybridized carbons (Fsp3) is 0.286. The van der Waals surface area contributed by atoms with E-state index in [1.54, 1.807) is 0 Å². The van der Waals surface area contributed by atoms with Gasteiger partial charge in [0.2, 0.25) is 0 Å². The molecule has 1 aromatic carbocycles. The highest BCUT2D eigenvalue weighted by Crippen LogP contribution is 2.23. The molecule has 0 saturated carbocycles. The fourth-order valence-corrected chi connectivity index (χ4v) is 1.28. The van der Waals surface area contributed by atoms with Gasteiger partial charge in [-0.3, -0.25) is 0 Å². The zero-order valence-electron chi connectivity index (χ0n) is 9.23. The molecule has 78 valence electrons. The van der Waals surface area contributed by atoms with E-state index in [0.29, 0.717) is 6.61 Å². The van der Waals surface area contributed by atoms with E-state index in [1.807, 2.05) is 56.3 Å². The van der Waals surface area contributed by atoms with Crippen LogP contribution in [-0.4, -0.2) is 6.61 Å². The second-order valence-corrected chi connectivity index (χ2v) is 3.42. The van der Waals surface area contributed by atoms with Crippen LogP contribution in [0.15, 0.2) is 42.5 Å². The molecule has 0 spiro atoms. The Morgan fingerprint density at radius 3 is 2.60 bits per heavy atom. The van der Waals surface area contributed by atoms with Crippen LogP contribution in [0.3, 0.4) is 0 Å². The molecule has 0 fully saturated rings. The van der Waals surface area contributed by atoms with Crippen LogP contribution in [-0.2, 0) is 10.3 Å². The van der Waals surface area contributed by atoms with Crippen molar-refractivity contribution in [3.05, 3.63) is 48.0 Å². The normalized spacial score (nSPS) is 14.7. The molecule has 1 nitrogen and oxygen atoms in total. The minimum absolute atomic E-state index is 0.534. The molecule has 0 saturated heterocycles. The van der Waals surface area contributed by atoms with Crippen molar-refractivity contribution < 1.29 is 4.74 Å². The van der Waals surface area contributed by atoms with Crippen molar-refractivity contribution in [1.29, 1.82) is 0 Å². The average molecular weight is 200 g/mol. The van der Waals surface area contributed by atoms with Gasteiger partial charge in [0.25, 0.3) is 0 Å². The van der Waals surface area contributed by atoms with Gasteiger partial charge in [0, 0.05) is 0 Å². The highest BCUT2D eigenvalue weighted by molar-refractivity contribution is 5.29. The number of hydrogen-bond donors (Lipinski definition) is 0. The molecule has 0 aliphatic rings. The molecule has 0 N–H and O–H groups in total. The molecule has 0 amide bonds. The summed E-state index contributed by atoms with van der Waals surface area (Å²) in [4.78, 5) is 0. The predicted octanol–water partition coefficient (Wildman–Crippen LogP) is 3.13. The molecule has 1 aromatic rings. The van der Waals surface area contributed by atoms with Gasteiger partial charge in [0.05, 0.1) is 6.61 Å². The van der Waals surface area contributed by atoms with Gasteiger partial charge in [-0.15, -0.1) is 6.42 Å². The zero-order chi connectivity index (χ0) is 11.1. The van der Waals surface area contributed by atoms with Crippen molar-refractivity contribution in [1.82, 2.24) is 0 Å². The first-order valence-corrected chi connectivity index (χ1v) is 5.01. The summed E-state index contributed by atoms with van der Waals surface area (Å²) in [5, 5.41) is 0. The van der Waals surface area contributed by atoms with E-state index in [-0.39, 0.29) is 0 Å². The summed E-state index contributed by atoms with van der Waals surface area (Å²) in [5.41, 5.74) is 0.373. The van der Waals surface area contributed by atoms with Crippen LogP contribution in [0.5, 0.6) is 0 Å². The fourth-order valence-electron chi connectivity index (χ4n) is 1.28. The maximum absolute atomic E-state index is 5.68. The van der Waals surface area contributed by atoms with Crippen LogP contribution in [0.4, 0.5) is 0 Å². The first-order chi connectivity index (χ1) is 7.23. The summed E-state index contributed by atoms with van der Waals surface area (Å²) in [6, 6.07) is 9.85. The van der Waals surface area contributed by atoms with Crippen LogP contribution < -0.4 is 0 Å². The van der Waals surface area contributed by atoms with Crippen LogP contribution in [0.2, 0.25) is 0 Å². The molecular weight excluding hydrogens is 184 g/mol. The van der Waals surface area contributed by atoms with Crippen LogP contribution in [0.25, 0.3) is 0 Å². The smallest absolute Gasteiger partial charge is 0.151 e. The Labute approximate surface area is 91.8 Å². The Morgan fingerprint density at radius 1 is 1.40 bits per heavy atom. The second kappa shape index (κ2) is 5.38. The summed E-state index contributed by atoms with van der Waals surface area (Å²) in [7, 11) is 0. The number of allylic oxidation sites excluding steroid dienone is 1. The molecule has 1 rings (SSSR count). The van der Waals surface area contributed by atoms with Gasteiger partial charge < -0.3 is 4.74 Å². The monoisotopic (exact) mass is 200 g/mol. The SMILES string of the molecule is C#CC(C)(OC/C=C/C)c1ccccc1. The van der Waals surface area contributed by atoms with E-state index in [2.05, 4.69) is 5.92 Å². The van der Waals surface area contributed by atoms with Gasteiger partial charge in [0.15, 0.2) is 5.60 Å². The van der Waals surface area contributed by atoms with Gasteiger partial charge in [-0.05, 0) is 19.4 Å². The van der Waals surface area contributed by atoms with Crippen molar-refractivity contribution in [2.75, 3.05) is 6.61 Å². The standard InChI is InChI=1S/C14H16O/c1-4-6-12-15-14(3,5-2)13-10-8-7-9-11-13/h2,4,6-11H,12H2,1,3H3/b6-4+. The van der Waals surface area contributed by atoms with E-state index >= 15 is 0 Å². The van der Waals surface area contributed by atoms with E-state index in [1.165, 1.54) is 0 Å². The molecule has 0 aliphatic heterocycles. The number of ether oxygens (including phenoxy) is 1. The average Bonchev–Trinajstić information content (AvgIpc) is 2.30. The molecule has 1 unspecified atom stereocenters. The Bertz CT molecular complexity index is 359. The third-order valence-corrected chi connectivity index (χ3v) is 2.30. The third kappa shape index (κ3) is 2.97. The van der Waals surface area contributed by atoms with Gasteiger partial charge in [-0.1, -0.05) is 48.4 Å². The Kier molecular flexibility index (Phi) is 4.15. The summed E-state index contributed by atoms with van der Waals surface area (Å²) in [6.45, 7) is 4.40. The molecule has 0 aliphatic carbocycles. The van der Waals surface area contributed by atoms with Gasteiger partial charge in [0.1, 0.15) is 0 Å². The Balaban J connectivity index is 2.82. The maximum atomic E-state index is 5.68. The lowest BCUT2D eigenvalue weighted by Gasteiger charge is -2.23. The van der Waals surface area contributed by atoms with Gasteiger partial charge in [-0.25, -0.2) is 0 Å². The lowest BCUT2D eigenvalue weighted by molar-refractivity contribution is 0.0288. The van der Waals surface area contributed by atoms with Gasteiger partial charge in [-0.2, -0.15) is 0 Å². The number of hydrogen-bond acceptors (Lipinski definition) is 1. The summed E-state index contributed by atoms with van der Waals surface area (Å²) >= 11 is 0. The maximum Gasteiger partial charge on any atom is 0.151 e. The zero-order valence-corrected chi connectivity index (χ0v) is 9.23. The van der Waals surface area contributed by atoms with Crippen molar-refractivity contribution in [3.63, 3.8) is 0 Å². The van der Waals surface area contributed by atoms with Crippen molar-refractivity contribution in [3.8, 4) is 12.3 Å². The molecule has 0 bridgehead atoms. The number of terminal acetylenes is 1. The largest absolute Gasteiger partial charge is 0.354 e. The minimum Gasteiger partial charge on any atom is -0.354 e. The highest BCUT2D eigenvalue weighted by Gasteiger charge is 2.23. The quantitative estimate of drug-likeness (QED) is 0.536. The minimum atomic E-state index is -0.638. The lowest BCUT2D eigenvalue weighted by atomic mass is 9.97. The molecular formula is C14H16O. The first kappa shape index (κ1) is 11.6. The Morgan fingerprint density at radius 2 is 2.07 bits per heavy atom. The topological polar surface area (TPSA) is 9.23 Å². The van der Waals surface area contributed by atoms with Crippen molar-refractivity contribution in [2.45, 2.75) is 19.4 Å². The van der Waals surface area contributed by atoms with Gasteiger partial charge >= 0.3 is 0 Å². The van der Waals surface area contributed by atoms with Crippen molar-refractivity contribution in [2.24, 2.45) is 0 Å². The molecule has 15 heavy (non-hydrogen) atoms. The predicted molar refractivity (Wildman–Crippen MR) is 63.4 cm³/mol. The third-order valence-electron chi connectivity index (χ3n) is 2.30. The van der Waals surface area contributed by atoms with Crippen LogP contribution in [0, 0.1) is 12.3 Å². The first-order valence-electron chi connectivity index (χ1n) is 5.01. The molecule has 0 heterocycles. The second-order valence-electron chi connectivity index (χ2n) is 3.42. The Hall–Kier alpha value is -1.52. The summed E-state index contributed by atoms with van der Waals surface area (Å²) in [6.07, 6.45) is 9.41. The molecule has 1 atom stereocenters.